The number of nitrogens with zero attached hydrogens (tertiary/aromatic N) is 5. The van der Waals surface area contributed by atoms with Gasteiger partial charge < -0.3 is 9.13 Å². The highest BCUT2D eigenvalue weighted by Crippen LogP contribution is 2.44. The van der Waals surface area contributed by atoms with Crippen molar-refractivity contribution in [1.29, 1.82) is 15.8 Å². The summed E-state index contributed by atoms with van der Waals surface area (Å²) >= 11 is 0. The lowest BCUT2D eigenvalue weighted by atomic mass is 9.95. The molecular formula is C41H19F6N5. The van der Waals surface area contributed by atoms with Gasteiger partial charge >= 0.3 is 12.4 Å². The van der Waals surface area contributed by atoms with Crippen LogP contribution in [0.5, 0.6) is 0 Å². The van der Waals surface area contributed by atoms with E-state index in [1.807, 2.05) is 6.07 Å². The zero-order valence-electron chi connectivity index (χ0n) is 26.5. The maximum absolute atomic E-state index is 14.3. The molecule has 8 rings (SSSR count). The van der Waals surface area contributed by atoms with Gasteiger partial charge in [-0.1, -0.05) is 36.4 Å². The van der Waals surface area contributed by atoms with Gasteiger partial charge in [0.2, 0.25) is 0 Å². The van der Waals surface area contributed by atoms with E-state index in [4.69, 9.17) is 0 Å². The Labute approximate surface area is 290 Å². The molecule has 0 unspecified atom stereocenters. The summed E-state index contributed by atoms with van der Waals surface area (Å²) < 4.78 is 89.1. The van der Waals surface area contributed by atoms with Crippen LogP contribution in [0.15, 0.2) is 115 Å². The molecule has 0 aliphatic rings. The molecule has 0 aliphatic heterocycles. The van der Waals surface area contributed by atoms with Gasteiger partial charge in [0.1, 0.15) is 6.07 Å². The molecule has 0 atom stereocenters. The zero-order chi connectivity index (χ0) is 36.5. The van der Waals surface area contributed by atoms with Gasteiger partial charge in [-0.15, -0.1) is 0 Å². The average Bonchev–Trinajstić information content (AvgIpc) is 3.65. The van der Waals surface area contributed by atoms with Crippen molar-refractivity contribution in [3.8, 4) is 40.7 Å². The minimum absolute atomic E-state index is 0.0165. The molecule has 0 N–H and O–H groups in total. The van der Waals surface area contributed by atoms with Gasteiger partial charge in [-0.25, -0.2) is 0 Å². The van der Waals surface area contributed by atoms with Crippen molar-refractivity contribution in [2.75, 3.05) is 0 Å². The van der Waals surface area contributed by atoms with Gasteiger partial charge in [0, 0.05) is 27.1 Å². The Hall–Kier alpha value is -7.03. The van der Waals surface area contributed by atoms with Gasteiger partial charge in [-0.2, -0.15) is 42.1 Å². The van der Waals surface area contributed by atoms with Crippen molar-refractivity contribution >= 4 is 43.6 Å². The standard InChI is InChI=1S/C41H19F6N5/c42-40(43,44)27-15-25(16-28(18-27)41(45,46)47)31-19-38(51-34-7-3-1-5-29(34)32-13-23(20-48)9-11-36(32)51)26(22-50)17-39(31)52-35-8-4-2-6-30(35)33-14-24(21-49)10-12-37(33)52/h1-19H. The van der Waals surface area contributed by atoms with Crippen LogP contribution >= 0.6 is 0 Å². The Morgan fingerprint density at radius 1 is 0.442 bits per heavy atom. The maximum atomic E-state index is 14.3. The SMILES string of the molecule is N#Cc1ccc2c(c1)c1ccccc1n2-c1cc(-c2cc(C(F)(F)F)cc(C(F)(F)F)c2)c(-n2c3ccccc3c3cc(C#N)ccc32)cc1C#N. The molecule has 0 spiro atoms. The molecule has 52 heavy (non-hydrogen) atoms. The van der Waals surface area contributed by atoms with Crippen LogP contribution in [0.1, 0.15) is 27.8 Å². The van der Waals surface area contributed by atoms with Crippen LogP contribution < -0.4 is 0 Å². The summed E-state index contributed by atoms with van der Waals surface area (Å²) in [7, 11) is 0. The van der Waals surface area contributed by atoms with E-state index in [1.54, 1.807) is 88.0 Å². The van der Waals surface area contributed by atoms with E-state index in [1.165, 1.54) is 12.1 Å². The first-order valence-electron chi connectivity index (χ1n) is 15.7. The summed E-state index contributed by atoms with van der Waals surface area (Å²) in [4.78, 5) is 0. The largest absolute Gasteiger partial charge is 0.416 e. The Morgan fingerprint density at radius 2 is 0.904 bits per heavy atom. The summed E-state index contributed by atoms with van der Waals surface area (Å²) in [5.41, 5.74) is 0.0135. The molecular weight excluding hydrogens is 676 g/mol. The smallest absolute Gasteiger partial charge is 0.309 e. The number of hydrogen-bond donors (Lipinski definition) is 0. The van der Waals surface area contributed by atoms with Gasteiger partial charge in [0.25, 0.3) is 0 Å². The number of hydrogen-bond acceptors (Lipinski definition) is 3. The normalized spacial score (nSPS) is 12.0. The van der Waals surface area contributed by atoms with Crippen LogP contribution in [0.4, 0.5) is 26.3 Å². The van der Waals surface area contributed by atoms with E-state index in [0.717, 1.165) is 5.39 Å². The van der Waals surface area contributed by atoms with Crippen molar-refractivity contribution < 1.29 is 26.3 Å². The van der Waals surface area contributed by atoms with Crippen molar-refractivity contribution in [3.63, 3.8) is 0 Å². The summed E-state index contributed by atoms with van der Waals surface area (Å²) in [6.07, 6.45) is -10.2. The highest BCUT2D eigenvalue weighted by Gasteiger charge is 2.37. The molecule has 0 amide bonds. The maximum Gasteiger partial charge on any atom is 0.416 e. The molecule has 0 fully saturated rings. The molecule has 0 saturated heterocycles. The first kappa shape index (κ1) is 32.2. The van der Waals surface area contributed by atoms with Gasteiger partial charge in [-0.05, 0) is 84.4 Å². The second-order valence-corrected chi connectivity index (χ2v) is 12.2. The van der Waals surface area contributed by atoms with Crippen LogP contribution in [0, 0.1) is 34.0 Å². The predicted octanol–water partition coefficient (Wildman–Crippen LogP) is 11.2. The first-order valence-corrected chi connectivity index (χ1v) is 15.7. The molecule has 250 valence electrons. The predicted molar refractivity (Wildman–Crippen MR) is 185 cm³/mol. The second-order valence-electron chi connectivity index (χ2n) is 12.2. The third-order valence-electron chi connectivity index (χ3n) is 9.22. The Morgan fingerprint density at radius 3 is 1.37 bits per heavy atom. The van der Waals surface area contributed by atoms with Crippen molar-refractivity contribution in [1.82, 2.24) is 9.13 Å². The highest BCUT2D eigenvalue weighted by molar-refractivity contribution is 6.11. The Balaban J connectivity index is 1.56. The molecule has 2 heterocycles. The summed E-state index contributed by atoms with van der Waals surface area (Å²) in [6, 6.07) is 34.9. The van der Waals surface area contributed by atoms with E-state index in [2.05, 4.69) is 18.2 Å². The molecule has 6 aromatic carbocycles. The summed E-state index contributed by atoms with van der Waals surface area (Å²) in [5.74, 6) is 0. The fourth-order valence-electron chi connectivity index (χ4n) is 6.98. The quantitative estimate of drug-likeness (QED) is 0.173. The molecule has 0 radical (unpaired) electrons. The zero-order valence-corrected chi connectivity index (χ0v) is 26.5. The Kier molecular flexibility index (Phi) is 7.13. The molecule has 2 aromatic heterocycles. The summed E-state index contributed by atoms with van der Waals surface area (Å²) in [6.45, 7) is 0. The van der Waals surface area contributed by atoms with E-state index in [0.29, 0.717) is 61.5 Å². The average molecular weight is 696 g/mol. The molecule has 11 heteroatoms. The molecule has 0 bridgehead atoms. The molecule has 0 saturated carbocycles. The number of halogens is 6. The van der Waals surface area contributed by atoms with Crippen LogP contribution in [0.3, 0.4) is 0 Å². The van der Waals surface area contributed by atoms with Crippen LogP contribution in [-0.2, 0) is 12.4 Å². The fourth-order valence-corrected chi connectivity index (χ4v) is 6.98. The first-order chi connectivity index (χ1) is 24.9. The number of nitriles is 3. The highest BCUT2D eigenvalue weighted by atomic mass is 19.4. The Bertz CT molecular complexity index is 2890. The lowest BCUT2D eigenvalue weighted by molar-refractivity contribution is -0.143. The van der Waals surface area contributed by atoms with Crippen LogP contribution in [0.25, 0.3) is 66.1 Å². The number of benzene rings is 6. The topological polar surface area (TPSA) is 81.2 Å². The minimum atomic E-state index is -5.11. The monoisotopic (exact) mass is 695 g/mol. The van der Waals surface area contributed by atoms with Crippen LogP contribution in [-0.4, -0.2) is 9.13 Å². The number of rotatable bonds is 3. The van der Waals surface area contributed by atoms with Crippen LogP contribution in [0.2, 0.25) is 0 Å². The van der Waals surface area contributed by atoms with Crippen molar-refractivity contribution in [3.05, 3.63) is 143 Å². The van der Waals surface area contributed by atoms with Gasteiger partial charge in [0.15, 0.2) is 0 Å². The lowest BCUT2D eigenvalue weighted by Crippen LogP contribution is -2.11. The molecule has 8 aromatic rings. The van der Waals surface area contributed by atoms with E-state index in [-0.39, 0.29) is 34.1 Å². The number of para-hydroxylation sites is 2. The number of aromatic nitrogens is 2. The fraction of sp³-hybridized carbons (Fsp3) is 0.0488. The third-order valence-corrected chi connectivity index (χ3v) is 9.22. The number of alkyl halides is 6. The summed E-state index contributed by atoms with van der Waals surface area (Å²) in [5, 5.41) is 32.6. The van der Waals surface area contributed by atoms with Gasteiger partial charge in [-0.3, -0.25) is 0 Å². The van der Waals surface area contributed by atoms with Crippen molar-refractivity contribution in [2.24, 2.45) is 0 Å². The molecule has 5 nitrogen and oxygen atoms in total. The van der Waals surface area contributed by atoms with Gasteiger partial charge in [0.05, 0.1) is 73.4 Å². The second kappa shape index (κ2) is 11.5. The molecule has 0 aliphatic carbocycles. The number of fused-ring (bicyclic) bond motifs is 6. The lowest BCUT2D eigenvalue weighted by Gasteiger charge is -2.20. The van der Waals surface area contributed by atoms with Crippen molar-refractivity contribution in [2.45, 2.75) is 12.4 Å². The van der Waals surface area contributed by atoms with E-state index in [9.17, 15) is 42.1 Å². The van der Waals surface area contributed by atoms with E-state index < -0.39 is 23.5 Å². The third kappa shape index (κ3) is 5.01. The van der Waals surface area contributed by atoms with E-state index >= 15 is 0 Å². The minimum Gasteiger partial charge on any atom is -0.309 e.